The molecule has 1 unspecified atom stereocenters. The standard InChI is InChI=1S/C16H16ClFO2/c1-9-6-10(2)15(14(7-9)20-3)16(19)12-8-11(17)4-5-13(12)18/h4-8,16,19H,1-3H3. The zero-order valence-corrected chi connectivity index (χ0v) is 12.3. The zero-order chi connectivity index (χ0) is 14.9. The Kier molecular flexibility index (Phi) is 4.31. The summed E-state index contributed by atoms with van der Waals surface area (Å²) in [7, 11) is 1.53. The van der Waals surface area contributed by atoms with Gasteiger partial charge in [0, 0.05) is 16.1 Å². The van der Waals surface area contributed by atoms with E-state index < -0.39 is 11.9 Å². The van der Waals surface area contributed by atoms with Crippen molar-refractivity contribution >= 4 is 11.6 Å². The summed E-state index contributed by atoms with van der Waals surface area (Å²) in [4.78, 5) is 0. The van der Waals surface area contributed by atoms with Gasteiger partial charge in [-0.1, -0.05) is 17.7 Å². The summed E-state index contributed by atoms with van der Waals surface area (Å²) < 4.78 is 19.2. The predicted molar refractivity (Wildman–Crippen MR) is 77.9 cm³/mol. The fourth-order valence-electron chi connectivity index (χ4n) is 2.34. The fraction of sp³-hybridized carbons (Fsp3) is 0.250. The van der Waals surface area contributed by atoms with Crippen LogP contribution in [0.25, 0.3) is 0 Å². The molecule has 106 valence electrons. The molecule has 0 aliphatic carbocycles. The highest BCUT2D eigenvalue weighted by Gasteiger charge is 2.21. The van der Waals surface area contributed by atoms with Crippen LogP contribution >= 0.6 is 11.6 Å². The summed E-state index contributed by atoms with van der Waals surface area (Å²) >= 11 is 5.88. The average Bonchev–Trinajstić information content (AvgIpc) is 2.40. The third-order valence-corrected chi connectivity index (χ3v) is 3.47. The minimum Gasteiger partial charge on any atom is -0.496 e. The number of ether oxygens (including phenoxy) is 1. The summed E-state index contributed by atoms with van der Waals surface area (Å²) in [6, 6.07) is 7.86. The van der Waals surface area contributed by atoms with E-state index in [0.29, 0.717) is 16.3 Å². The van der Waals surface area contributed by atoms with Gasteiger partial charge in [0.15, 0.2) is 0 Å². The Bertz CT molecular complexity index is 641. The fourth-order valence-corrected chi connectivity index (χ4v) is 2.52. The Morgan fingerprint density at radius 1 is 1.20 bits per heavy atom. The minimum atomic E-state index is -1.12. The molecule has 20 heavy (non-hydrogen) atoms. The first-order chi connectivity index (χ1) is 9.43. The molecule has 0 saturated heterocycles. The maximum Gasteiger partial charge on any atom is 0.129 e. The molecule has 0 spiro atoms. The molecule has 0 saturated carbocycles. The van der Waals surface area contributed by atoms with Gasteiger partial charge in [0.25, 0.3) is 0 Å². The molecule has 0 heterocycles. The van der Waals surface area contributed by atoms with Crippen LogP contribution in [0.3, 0.4) is 0 Å². The molecule has 1 N–H and O–H groups in total. The Hall–Kier alpha value is -1.58. The van der Waals surface area contributed by atoms with Gasteiger partial charge in [0.05, 0.1) is 7.11 Å². The van der Waals surface area contributed by atoms with Gasteiger partial charge < -0.3 is 9.84 Å². The molecule has 0 amide bonds. The van der Waals surface area contributed by atoms with Crippen LogP contribution in [-0.4, -0.2) is 12.2 Å². The quantitative estimate of drug-likeness (QED) is 0.920. The minimum absolute atomic E-state index is 0.141. The third-order valence-electron chi connectivity index (χ3n) is 3.24. The Morgan fingerprint density at radius 2 is 1.90 bits per heavy atom. The average molecular weight is 295 g/mol. The van der Waals surface area contributed by atoms with Crippen molar-refractivity contribution in [3.05, 3.63) is 63.4 Å². The van der Waals surface area contributed by atoms with E-state index >= 15 is 0 Å². The number of aliphatic hydroxyl groups excluding tert-OH is 1. The lowest BCUT2D eigenvalue weighted by Gasteiger charge is -2.19. The highest BCUT2D eigenvalue weighted by molar-refractivity contribution is 6.30. The summed E-state index contributed by atoms with van der Waals surface area (Å²) in [5.41, 5.74) is 2.55. The Morgan fingerprint density at radius 3 is 2.55 bits per heavy atom. The van der Waals surface area contributed by atoms with Crippen LogP contribution in [0.2, 0.25) is 5.02 Å². The number of benzene rings is 2. The Labute approximate surface area is 122 Å². The lowest BCUT2D eigenvalue weighted by atomic mass is 9.94. The maximum absolute atomic E-state index is 13.9. The van der Waals surface area contributed by atoms with Gasteiger partial charge in [-0.2, -0.15) is 0 Å². The second-order valence-electron chi connectivity index (χ2n) is 4.77. The van der Waals surface area contributed by atoms with E-state index in [0.717, 1.165) is 11.1 Å². The van der Waals surface area contributed by atoms with Crippen LogP contribution in [0.1, 0.15) is 28.4 Å². The summed E-state index contributed by atoms with van der Waals surface area (Å²) in [6.07, 6.45) is -1.12. The first kappa shape index (κ1) is 14.8. The van der Waals surface area contributed by atoms with Crippen molar-refractivity contribution in [1.29, 1.82) is 0 Å². The topological polar surface area (TPSA) is 29.5 Å². The van der Waals surface area contributed by atoms with E-state index in [-0.39, 0.29) is 5.56 Å². The van der Waals surface area contributed by atoms with Crippen molar-refractivity contribution in [3.8, 4) is 5.75 Å². The molecule has 2 rings (SSSR count). The van der Waals surface area contributed by atoms with Gasteiger partial charge in [-0.15, -0.1) is 0 Å². The first-order valence-electron chi connectivity index (χ1n) is 6.22. The number of rotatable bonds is 3. The molecule has 0 fully saturated rings. The van der Waals surface area contributed by atoms with Crippen LogP contribution in [0.5, 0.6) is 5.75 Å². The lowest BCUT2D eigenvalue weighted by Crippen LogP contribution is -2.07. The Balaban J connectivity index is 2.58. The molecule has 2 aromatic rings. The van der Waals surface area contributed by atoms with E-state index in [1.54, 1.807) is 0 Å². The molecule has 0 bridgehead atoms. The number of hydrogen-bond acceptors (Lipinski definition) is 2. The van der Waals surface area contributed by atoms with E-state index in [1.165, 1.54) is 25.3 Å². The van der Waals surface area contributed by atoms with E-state index in [4.69, 9.17) is 16.3 Å². The number of methoxy groups -OCH3 is 1. The largest absolute Gasteiger partial charge is 0.496 e. The zero-order valence-electron chi connectivity index (χ0n) is 11.6. The van der Waals surface area contributed by atoms with E-state index in [9.17, 15) is 9.50 Å². The molecule has 0 aromatic heterocycles. The normalized spacial score (nSPS) is 12.3. The SMILES string of the molecule is COc1cc(C)cc(C)c1C(O)c1cc(Cl)ccc1F. The van der Waals surface area contributed by atoms with Crippen molar-refractivity contribution in [2.75, 3.05) is 7.11 Å². The lowest BCUT2D eigenvalue weighted by molar-refractivity contribution is 0.209. The van der Waals surface area contributed by atoms with Crippen LogP contribution in [0, 0.1) is 19.7 Å². The van der Waals surface area contributed by atoms with Gasteiger partial charge in [0.1, 0.15) is 17.7 Å². The van der Waals surface area contributed by atoms with Gasteiger partial charge in [-0.3, -0.25) is 0 Å². The molecular formula is C16H16ClFO2. The molecule has 1 atom stereocenters. The second-order valence-corrected chi connectivity index (χ2v) is 5.20. The van der Waals surface area contributed by atoms with Crippen molar-refractivity contribution in [2.45, 2.75) is 20.0 Å². The molecule has 0 radical (unpaired) electrons. The van der Waals surface area contributed by atoms with Gasteiger partial charge in [0.2, 0.25) is 0 Å². The molecule has 0 aliphatic rings. The van der Waals surface area contributed by atoms with Crippen molar-refractivity contribution in [3.63, 3.8) is 0 Å². The van der Waals surface area contributed by atoms with Crippen molar-refractivity contribution < 1.29 is 14.2 Å². The smallest absolute Gasteiger partial charge is 0.129 e. The predicted octanol–water partition coefficient (Wildman–Crippen LogP) is 4.19. The van der Waals surface area contributed by atoms with Crippen LogP contribution < -0.4 is 4.74 Å². The second kappa shape index (κ2) is 5.81. The number of hydrogen-bond donors (Lipinski definition) is 1. The van der Waals surface area contributed by atoms with E-state index in [2.05, 4.69) is 0 Å². The third kappa shape index (κ3) is 2.79. The summed E-state index contributed by atoms with van der Waals surface area (Å²) in [5, 5.41) is 10.9. The van der Waals surface area contributed by atoms with Crippen LogP contribution in [0.4, 0.5) is 4.39 Å². The van der Waals surface area contributed by atoms with Crippen molar-refractivity contribution in [1.82, 2.24) is 0 Å². The van der Waals surface area contributed by atoms with Crippen molar-refractivity contribution in [2.24, 2.45) is 0 Å². The van der Waals surface area contributed by atoms with Crippen LogP contribution in [-0.2, 0) is 0 Å². The summed E-state index contributed by atoms with van der Waals surface area (Å²) in [5.74, 6) is 0.0401. The molecule has 0 aliphatic heterocycles. The number of aliphatic hydroxyl groups is 1. The number of aryl methyl sites for hydroxylation is 2. The molecule has 2 aromatic carbocycles. The molecular weight excluding hydrogens is 279 g/mol. The molecule has 2 nitrogen and oxygen atoms in total. The maximum atomic E-state index is 13.9. The van der Waals surface area contributed by atoms with Gasteiger partial charge in [-0.25, -0.2) is 4.39 Å². The van der Waals surface area contributed by atoms with Crippen LogP contribution in [0.15, 0.2) is 30.3 Å². The van der Waals surface area contributed by atoms with Gasteiger partial charge in [-0.05, 0) is 49.2 Å². The van der Waals surface area contributed by atoms with Gasteiger partial charge >= 0.3 is 0 Å². The van der Waals surface area contributed by atoms with E-state index in [1.807, 2.05) is 26.0 Å². The highest BCUT2D eigenvalue weighted by Crippen LogP contribution is 2.35. The monoisotopic (exact) mass is 294 g/mol. The number of halogens is 2. The first-order valence-corrected chi connectivity index (χ1v) is 6.60. The highest BCUT2D eigenvalue weighted by atomic mass is 35.5. The summed E-state index contributed by atoms with van der Waals surface area (Å²) in [6.45, 7) is 3.79. The molecule has 4 heteroatoms.